The van der Waals surface area contributed by atoms with Crippen molar-refractivity contribution in [3.63, 3.8) is 0 Å². The van der Waals surface area contributed by atoms with Gasteiger partial charge in [0, 0.05) is 31.7 Å². The number of nitriles is 1. The maximum atomic E-state index is 12.0. The highest BCUT2D eigenvalue weighted by atomic mass is 16.6. The molecule has 1 aliphatic rings. The van der Waals surface area contributed by atoms with Crippen LogP contribution >= 0.6 is 0 Å². The van der Waals surface area contributed by atoms with Crippen LogP contribution < -0.4 is 9.47 Å². The number of hydrogen-bond donors (Lipinski definition) is 0. The van der Waals surface area contributed by atoms with Crippen molar-refractivity contribution in [3.8, 4) is 29.0 Å². The van der Waals surface area contributed by atoms with Crippen LogP contribution in [-0.2, 0) is 30.9 Å². The zero-order chi connectivity index (χ0) is 29.5. The molecular weight excluding hydrogens is 528 g/mol. The molecule has 2 heterocycles. The number of hydrogen-bond acceptors (Lipinski definition) is 7. The molecule has 0 saturated carbocycles. The van der Waals surface area contributed by atoms with E-state index in [-0.39, 0.29) is 5.97 Å². The van der Waals surface area contributed by atoms with Crippen LogP contribution in [0.3, 0.4) is 0 Å². The van der Waals surface area contributed by atoms with Gasteiger partial charge in [-0.2, -0.15) is 5.26 Å². The van der Waals surface area contributed by atoms with Gasteiger partial charge >= 0.3 is 5.97 Å². The van der Waals surface area contributed by atoms with Crippen molar-refractivity contribution in [2.24, 2.45) is 0 Å². The third kappa shape index (κ3) is 6.48. The number of carbonyl (C=O) groups is 1. The highest BCUT2D eigenvalue weighted by molar-refractivity contribution is 5.89. The fraction of sp³-hybridized carbons (Fsp3) is 0.324. The molecule has 1 aliphatic heterocycles. The summed E-state index contributed by atoms with van der Waals surface area (Å²) in [5.41, 5.74) is 6.11. The predicted molar refractivity (Wildman–Crippen MR) is 160 cm³/mol. The average molecular weight is 565 g/mol. The molecule has 8 heteroatoms. The van der Waals surface area contributed by atoms with Crippen molar-refractivity contribution < 1.29 is 19.0 Å². The van der Waals surface area contributed by atoms with Crippen LogP contribution in [0.2, 0.25) is 0 Å². The van der Waals surface area contributed by atoms with Crippen molar-refractivity contribution in [2.45, 2.75) is 52.9 Å². The maximum absolute atomic E-state index is 12.0. The van der Waals surface area contributed by atoms with Crippen LogP contribution in [0.15, 0.2) is 66.7 Å². The third-order valence-corrected chi connectivity index (χ3v) is 7.47. The van der Waals surface area contributed by atoms with Gasteiger partial charge in [0.15, 0.2) is 17.2 Å². The topological polar surface area (TPSA) is 89.6 Å². The second kappa shape index (κ2) is 13.4. The Hall–Kier alpha value is -4.61. The van der Waals surface area contributed by atoms with Crippen molar-refractivity contribution in [2.75, 3.05) is 20.3 Å². The second-order valence-electron chi connectivity index (χ2n) is 10.5. The Labute approximate surface area is 247 Å². The van der Waals surface area contributed by atoms with Crippen LogP contribution in [0.1, 0.15) is 58.2 Å². The third-order valence-electron chi connectivity index (χ3n) is 7.47. The molecule has 0 amide bonds. The fourth-order valence-electron chi connectivity index (χ4n) is 5.27. The van der Waals surface area contributed by atoms with Gasteiger partial charge in [0.05, 0.1) is 18.4 Å². The standard InChI is InChI=1S/C34H36N4O4/c1-4-5-16-38-30(29(20-35)36-33(38)28-9-7-6-8-24(28)2)23-37(21-25-10-13-27(14-11-25)34(39)40-3)22-26-12-15-31-32(19-26)42-18-17-41-31/h6-15,19H,4-5,16-18,21-23H2,1-3H3. The van der Waals surface area contributed by atoms with Gasteiger partial charge < -0.3 is 18.8 Å². The summed E-state index contributed by atoms with van der Waals surface area (Å²) in [6.45, 7) is 7.80. The van der Waals surface area contributed by atoms with Gasteiger partial charge in [-0.25, -0.2) is 9.78 Å². The van der Waals surface area contributed by atoms with E-state index < -0.39 is 0 Å². The van der Waals surface area contributed by atoms with E-state index in [0.29, 0.717) is 44.1 Å². The fourth-order valence-corrected chi connectivity index (χ4v) is 5.27. The molecule has 0 aliphatic carbocycles. The summed E-state index contributed by atoms with van der Waals surface area (Å²) in [6.07, 6.45) is 2.00. The van der Waals surface area contributed by atoms with Crippen molar-refractivity contribution in [1.29, 1.82) is 5.26 Å². The molecule has 0 spiro atoms. The summed E-state index contributed by atoms with van der Waals surface area (Å²) in [4.78, 5) is 19.1. The first-order chi connectivity index (χ1) is 20.5. The maximum Gasteiger partial charge on any atom is 0.337 e. The molecule has 5 rings (SSSR count). The van der Waals surface area contributed by atoms with E-state index in [0.717, 1.165) is 64.7 Å². The number of unbranched alkanes of at least 4 members (excludes halogenated alkanes) is 1. The Morgan fingerprint density at radius 2 is 1.71 bits per heavy atom. The summed E-state index contributed by atoms with van der Waals surface area (Å²) in [7, 11) is 1.38. The monoisotopic (exact) mass is 564 g/mol. The number of ether oxygens (including phenoxy) is 3. The Bertz CT molecular complexity index is 1590. The average Bonchev–Trinajstić information content (AvgIpc) is 3.36. The van der Waals surface area contributed by atoms with E-state index in [1.54, 1.807) is 12.1 Å². The molecule has 42 heavy (non-hydrogen) atoms. The van der Waals surface area contributed by atoms with Crippen molar-refractivity contribution in [3.05, 3.63) is 100 Å². The van der Waals surface area contributed by atoms with E-state index in [1.165, 1.54) is 7.11 Å². The van der Waals surface area contributed by atoms with E-state index in [2.05, 4.69) is 47.6 Å². The van der Waals surface area contributed by atoms with Gasteiger partial charge in [-0.1, -0.05) is 55.8 Å². The molecule has 1 aromatic heterocycles. The zero-order valence-corrected chi connectivity index (χ0v) is 24.4. The highest BCUT2D eigenvalue weighted by Gasteiger charge is 2.22. The minimum atomic E-state index is -0.364. The highest BCUT2D eigenvalue weighted by Crippen LogP contribution is 2.32. The molecule has 0 saturated heterocycles. The summed E-state index contributed by atoms with van der Waals surface area (Å²) < 4.78 is 18.7. The predicted octanol–water partition coefficient (Wildman–Crippen LogP) is 6.29. The molecular formula is C34H36N4O4. The first-order valence-electron chi connectivity index (χ1n) is 14.3. The number of esters is 1. The lowest BCUT2D eigenvalue weighted by Crippen LogP contribution is -2.25. The van der Waals surface area contributed by atoms with Gasteiger partial charge in [-0.05, 0) is 54.3 Å². The van der Waals surface area contributed by atoms with Gasteiger partial charge in [0.2, 0.25) is 0 Å². The summed E-state index contributed by atoms with van der Waals surface area (Å²) in [6, 6.07) is 24.0. The molecule has 0 unspecified atom stereocenters. The van der Waals surface area contributed by atoms with E-state index in [9.17, 15) is 10.1 Å². The van der Waals surface area contributed by atoms with E-state index >= 15 is 0 Å². The van der Waals surface area contributed by atoms with Gasteiger partial charge in [-0.15, -0.1) is 0 Å². The first-order valence-corrected chi connectivity index (χ1v) is 14.3. The van der Waals surface area contributed by atoms with Crippen LogP contribution in [0.25, 0.3) is 11.4 Å². The van der Waals surface area contributed by atoms with Gasteiger partial charge in [-0.3, -0.25) is 4.90 Å². The minimum absolute atomic E-state index is 0.364. The van der Waals surface area contributed by atoms with Crippen LogP contribution in [-0.4, -0.2) is 40.7 Å². The molecule has 216 valence electrons. The second-order valence-corrected chi connectivity index (χ2v) is 10.5. The Morgan fingerprint density at radius 1 is 1.00 bits per heavy atom. The Balaban J connectivity index is 1.52. The number of aromatic nitrogens is 2. The van der Waals surface area contributed by atoms with Crippen molar-refractivity contribution in [1.82, 2.24) is 14.5 Å². The molecule has 4 aromatic rings. The van der Waals surface area contributed by atoms with E-state index in [4.69, 9.17) is 19.2 Å². The number of rotatable bonds is 11. The first kappa shape index (κ1) is 28.9. The van der Waals surface area contributed by atoms with Crippen LogP contribution in [0, 0.1) is 18.3 Å². The summed E-state index contributed by atoms with van der Waals surface area (Å²) in [5, 5.41) is 10.2. The summed E-state index contributed by atoms with van der Waals surface area (Å²) >= 11 is 0. The zero-order valence-electron chi connectivity index (χ0n) is 24.4. The Morgan fingerprint density at radius 3 is 2.43 bits per heavy atom. The lowest BCUT2D eigenvalue weighted by molar-refractivity contribution is 0.0600. The number of aryl methyl sites for hydroxylation is 1. The van der Waals surface area contributed by atoms with E-state index in [1.807, 2.05) is 36.4 Å². The number of carbonyl (C=O) groups excluding carboxylic acids is 1. The molecule has 0 atom stereocenters. The lowest BCUT2D eigenvalue weighted by Gasteiger charge is -2.25. The molecule has 8 nitrogen and oxygen atoms in total. The SMILES string of the molecule is CCCCn1c(-c2ccccc2C)nc(C#N)c1CN(Cc1ccc(C(=O)OC)cc1)Cc1ccc2c(c1)OCCO2. The van der Waals surface area contributed by atoms with Gasteiger partial charge in [0.25, 0.3) is 0 Å². The molecule has 0 N–H and O–H groups in total. The minimum Gasteiger partial charge on any atom is -0.486 e. The molecule has 3 aromatic carbocycles. The van der Waals surface area contributed by atoms with Crippen molar-refractivity contribution >= 4 is 5.97 Å². The number of benzene rings is 3. The van der Waals surface area contributed by atoms with Crippen LogP contribution in [0.5, 0.6) is 11.5 Å². The van der Waals surface area contributed by atoms with Gasteiger partial charge in [0.1, 0.15) is 25.1 Å². The lowest BCUT2D eigenvalue weighted by atomic mass is 10.1. The smallest absolute Gasteiger partial charge is 0.337 e. The largest absolute Gasteiger partial charge is 0.486 e. The normalized spacial score (nSPS) is 12.3. The molecule has 0 radical (unpaired) electrons. The summed E-state index contributed by atoms with van der Waals surface area (Å²) in [5.74, 6) is 1.96. The Kier molecular flexibility index (Phi) is 9.20. The number of imidazole rings is 1. The molecule has 0 bridgehead atoms. The number of methoxy groups -OCH3 is 1. The van der Waals surface area contributed by atoms with Crippen LogP contribution in [0.4, 0.5) is 0 Å². The molecule has 0 fully saturated rings. The number of nitrogens with zero attached hydrogens (tertiary/aromatic N) is 4. The quantitative estimate of drug-likeness (QED) is 0.198. The number of fused-ring (bicyclic) bond motifs is 1.